The number of allylic oxidation sites excluding steroid dienone is 1. The van der Waals surface area contributed by atoms with E-state index in [1.165, 1.54) is 6.07 Å². The molecule has 0 aliphatic carbocycles. The Kier molecular flexibility index (Phi) is 5.36. The molecule has 0 spiro atoms. The summed E-state index contributed by atoms with van der Waals surface area (Å²) in [4.78, 5) is 12.9. The number of ether oxygens (including phenoxy) is 1. The van der Waals surface area contributed by atoms with Crippen LogP contribution >= 0.6 is 12.2 Å². The Bertz CT molecular complexity index is 946. The number of carbonyl (C=O) groups is 1. The fourth-order valence-electron chi connectivity index (χ4n) is 2.84. The number of hydrogen-bond acceptors (Lipinski definition) is 3. The van der Waals surface area contributed by atoms with Crippen molar-refractivity contribution < 1.29 is 18.3 Å². The van der Waals surface area contributed by atoms with Gasteiger partial charge in [0.15, 0.2) is 16.7 Å². The lowest BCUT2D eigenvalue weighted by molar-refractivity contribution is -0.113. The summed E-state index contributed by atoms with van der Waals surface area (Å²) in [5.41, 5.74) is 1.86. The first kappa shape index (κ1) is 18.8. The summed E-state index contributed by atoms with van der Waals surface area (Å²) in [7, 11) is 1.55. The lowest BCUT2D eigenvalue weighted by Crippen LogP contribution is -2.45. The number of methoxy groups -OCH3 is 1. The molecule has 140 valence electrons. The van der Waals surface area contributed by atoms with Crippen LogP contribution in [-0.2, 0) is 4.79 Å². The molecule has 1 heterocycles. The number of thiocarbonyl (C=S) groups is 1. The summed E-state index contributed by atoms with van der Waals surface area (Å²) >= 11 is 5.21. The summed E-state index contributed by atoms with van der Waals surface area (Å²) in [6.07, 6.45) is 0. The van der Waals surface area contributed by atoms with Crippen LogP contribution in [0.4, 0.5) is 14.5 Å². The minimum absolute atomic E-state index is 0.150. The van der Waals surface area contributed by atoms with E-state index in [0.717, 1.165) is 17.7 Å². The van der Waals surface area contributed by atoms with Crippen molar-refractivity contribution in [2.45, 2.75) is 13.0 Å². The molecule has 1 amide bonds. The van der Waals surface area contributed by atoms with Gasteiger partial charge in [-0.25, -0.2) is 8.78 Å². The molecule has 3 rings (SSSR count). The minimum atomic E-state index is -1.04. The van der Waals surface area contributed by atoms with Crippen molar-refractivity contribution in [2.75, 3.05) is 12.4 Å². The molecule has 3 N–H and O–H groups in total. The van der Waals surface area contributed by atoms with E-state index in [9.17, 15) is 13.6 Å². The van der Waals surface area contributed by atoms with Gasteiger partial charge in [0.2, 0.25) is 0 Å². The van der Waals surface area contributed by atoms with E-state index in [1.807, 2.05) is 6.07 Å². The average molecular weight is 389 g/mol. The van der Waals surface area contributed by atoms with Gasteiger partial charge in [0.25, 0.3) is 5.91 Å². The quantitative estimate of drug-likeness (QED) is 0.700. The maximum absolute atomic E-state index is 13.4. The molecule has 1 aliphatic rings. The van der Waals surface area contributed by atoms with Crippen LogP contribution in [0.2, 0.25) is 0 Å². The molecule has 2 aromatic rings. The van der Waals surface area contributed by atoms with Crippen molar-refractivity contribution in [3.8, 4) is 5.75 Å². The molecule has 2 aromatic carbocycles. The Morgan fingerprint density at radius 3 is 2.67 bits per heavy atom. The van der Waals surface area contributed by atoms with Gasteiger partial charge in [-0.1, -0.05) is 12.1 Å². The standard InChI is InChI=1S/C19H17F2N3O2S/c1-10-16(18(25)23-12-6-7-14(20)15(21)9-12)17(24-19(27)22-10)11-4-3-5-13(8-11)26-2/h3-9,17H,1-2H3,(H,23,25)(H2,22,24,27)/t17-/m1/s1. The molecule has 0 bridgehead atoms. The first-order valence-corrected chi connectivity index (χ1v) is 8.48. The van der Waals surface area contributed by atoms with Crippen molar-refractivity contribution >= 4 is 28.9 Å². The van der Waals surface area contributed by atoms with Gasteiger partial charge < -0.3 is 20.7 Å². The molecule has 0 radical (unpaired) electrons. The lowest BCUT2D eigenvalue weighted by Gasteiger charge is -2.30. The third kappa shape index (κ3) is 4.06. The largest absolute Gasteiger partial charge is 0.497 e. The fraction of sp³-hybridized carbons (Fsp3) is 0.158. The molecule has 8 heteroatoms. The Morgan fingerprint density at radius 2 is 1.96 bits per heavy atom. The van der Waals surface area contributed by atoms with Crippen LogP contribution in [0.1, 0.15) is 18.5 Å². The van der Waals surface area contributed by atoms with Gasteiger partial charge in [-0.05, 0) is 49.0 Å². The molecule has 0 fully saturated rings. The van der Waals surface area contributed by atoms with Gasteiger partial charge in [-0.3, -0.25) is 4.79 Å². The lowest BCUT2D eigenvalue weighted by atomic mass is 9.94. The third-order valence-corrected chi connectivity index (χ3v) is 4.34. The van der Waals surface area contributed by atoms with Crippen LogP contribution in [0.15, 0.2) is 53.7 Å². The molecule has 0 unspecified atom stereocenters. The summed E-state index contributed by atoms with van der Waals surface area (Å²) in [5.74, 6) is -1.85. The number of nitrogens with one attached hydrogen (secondary N) is 3. The van der Waals surface area contributed by atoms with Crippen LogP contribution in [0.5, 0.6) is 5.75 Å². The van der Waals surface area contributed by atoms with Crippen LogP contribution < -0.4 is 20.7 Å². The van der Waals surface area contributed by atoms with Crippen LogP contribution in [0.25, 0.3) is 0 Å². The molecule has 1 aliphatic heterocycles. The number of amides is 1. The Labute approximate surface area is 160 Å². The normalized spacial score (nSPS) is 16.4. The number of halogens is 2. The summed E-state index contributed by atoms with van der Waals surface area (Å²) in [6, 6.07) is 9.88. The molecular weight excluding hydrogens is 372 g/mol. The van der Waals surface area contributed by atoms with Gasteiger partial charge in [0.1, 0.15) is 5.75 Å². The molecule has 1 atom stereocenters. The van der Waals surface area contributed by atoms with Crippen molar-refractivity contribution in [1.29, 1.82) is 0 Å². The topological polar surface area (TPSA) is 62.4 Å². The van der Waals surface area contributed by atoms with E-state index < -0.39 is 23.6 Å². The predicted molar refractivity (Wildman–Crippen MR) is 102 cm³/mol. The second kappa shape index (κ2) is 7.71. The van der Waals surface area contributed by atoms with Crippen LogP contribution in [0, 0.1) is 11.6 Å². The van der Waals surface area contributed by atoms with Crippen molar-refractivity contribution in [1.82, 2.24) is 10.6 Å². The molecule has 0 aromatic heterocycles. The van der Waals surface area contributed by atoms with Crippen molar-refractivity contribution in [3.05, 3.63) is 70.9 Å². The monoisotopic (exact) mass is 389 g/mol. The van der Waals surface area contributed by atoms with Crippen LogP contribution in [-0.4, -0.2) is 18.1 Å². The smallest absolute Gasteiger partial charge is 0.255 e. The van der Waals surface area contributed by atoms with E-state index in [4.69, 9.17) is 17.0 Å². The van der Waals surface area contributed by atoms with Crippen molar-refractivity contribution in [3.63, 3.8) is 0 Å². The second-order valence-corrected chi connectivity index (χ2v) is 6.34. The maximum atomic E-state index is 13.4. The van der Waals surface area contributed by atoms with Crippen LogP contribution in [0.3, 0.4) is 0 Å². The number of benzene rings is 2. The minimum Gasteiger partial charge on any atom is -0.497 e. The summed E-state index contributed by atoms with van der Waals surface area (Å²) < 4.78 is 31.8. The highest BCUT2D eigenvalue weighted by Crippen LogP contribution is 2.30. The fourth-order valence-corrected chi connectivity index (χ4v) is 3.11. The molecule has 5 nitrogen and oxygen atoms in total. The highest BCUT2D eigenvalue weighted by Gasteiger charge is 2.30. The summed E-state index contributed by atoms with van der Waals surface area (Å²) in [5, 5.41) is 8.96. The van der Waals surface area contributed by atoms with Gasteiger partial charge in [-0.15, -0.1) is 0 Å². The first-order valence-electron chi connectivity index (χ1n) is 8.07. The maximum Gasteiger partial charge on any atom is 0.255 e. The van der Waals surface area contributed by atoms with Gasteiger partial charge in [-0.2, -0.15) is 0 Å². The van der Waals surface area contributed by atoms with Gasteiger partial charge in [0, 0.05) is 17.5 Å². The average Bonchev–Trinajstić information content (AvgIpc) is 2.64. The first-order chi connectivity index (χ1) is 12.9. The SMILES string of the molecule is COc1cccc([C@H]2NC(=S)NC(C)=C2C(=O)Nc2ccc(F)c(F)c2)c1. The van der Waals surface area contributed by atoms with E-state index in [1.54, 1.807) is 32.2 Å². The Hall–Kier alpha value is -3.00. The number of rotatable bonds is 4. The Balaban J connectivity index is 1.95. The van der Waals surface area contributed by atoms with Gasteiger partial charge in [0.05, 0.1) is 18.7 Å². The molecule has 0 saturated carbocycles. The van der Waals surface area contributed by atoms with E-state index in [2.05, 4.69) is 16.0 Å². The zero-order valence-corrected chi connectivity index (χ0v) is 15.4. The third-order valence-electron chi connectivity index (χ3n) is 4.12. The van der Waals surface area contributed by atoms with Crippen molar-refractivity contribution in [2.24, 2.45) is 0 Å². The number of anilines is 1. The highest BCUT2D eigenvalue weighted by atomic mass is 32.1. The highest BCUT2D eigenvalue weighted by molar-refractivity contribution is 7.80. The molecular formula is C19H17F2N3O2S. The number of carbonyl (C=O) groups excluding carboxylic acids is 1. The predicted octanol–water partition coefficient (Wildman–Crippen LogP) is 3.40. The zero-order chi connectivity index (χ0) is 19.6. The summed E-state index contributed by atoms with van der Waals surface area (Å²) in [6.45, 7) is 1.72. The van der Waals surface area contributed by atoms with E-state index >= 15 is 0 Å². The Morgan fingerprint density at radius 1 is 1.19 bits per heavy atom. The van der Waals surface area contributed by atoms with E-state index in [0.29, 0.717) is 22.1 Å². The second-order valence-electron chi connectivity index (χ2n) is 5.93. The number of hydrogen-bond donors (Lipinski definition) is 3. The molecule has 0 saturated heterocycles. The zero-order valence-electron chi connectivity index (χ0n) is 14.6. The molecule has 27 heavy (non-hydrogen) atoms. The van der Waals surface area contributed by atoms with E-state index in [-0.39, 0.29) is 5.69 Å². The van der Waals surface area contributed by atoms with Gasteiger partial charge >= 0.3 is 0 Å².